The number of aromatic nitrogens is 3. The summed E-state index contributed by atoms with van der Waals surface area (Å²) in [6, 6.07) is 7.34. The van der Waals surface area contributed by atoms with E-state index in [2.05, 4.69) is 28.0 Å². The van der Waals surface area contributed by atoms with Gasteiger partial charge in [0.15, 0.2) is 0 Å². The van der Waals surface area contributed by atoms with Crippen LogP contribution in [0.5, 0.6) is 0 Å². The molecule has 8 heteroatoms. The molecule has 1 N–H and O–H groups in total. The van der Waals surface area contributed by atoms with Gasteiger partial charge in [-0.05, 0) is 80.5 Å². The van der Waals surface area contributed by atoms with Crippen LogP contribution in [0.3, 0.4) is 0 Å². The van der Waals surface area contributed by atoms with Crippen molar-refractivity contribution in [1.29, 1.82) is 0 Å². The van der Waals surface area contributed by atoms with Gasteiger partial charge in [0, 0.05) is 17.2 Å². The molecule has 3 aromatic rings. The summed E-state index contributed by atoms with van der Waals surface area (Å²) >= 11 is 0. The van der Waals surface area contributed by atoms with Gasteiger partial charge in [-0.3, -0.25) is 4.79 Å². The highest BCUT2D eigenvalue weighted by molar-refractivity contribution is 5.73. The highest BCUT2D eigenvalue weighted by atomic mass is 19.1. The molecule has 190 valence electrons. The Morgan fingerprint density at radius 3 is 2.73 bits per heavy atom. The zero-order valence-electron chi connectivity index (χ0n) is 20.7. The van der Waals surface area contributed by atoms with E-state index in [0.717, 1.165) is 22.5 Å². The maximum absolute atomic E-state index is 14.6. The number of rotatable bonds is 5. The lowest BCUT2D eigenvalue weighted by molar-refractivity contribution is -0.142. The van der Waals surface area contributed by atoms with Crippen LogP contribution >= 0.6 is 0 Å². The van der Waals surface area contributed by atoms with Gasteiger partial charge in [-0.15, -0.1) is 0 Å². The first-order valence-corrected chi connectivity index (χ1v) is 12.4. The van der Waals surface area contributed by atoms with Crippen LogP contribution in [0, 0.1) is 28.9 Å². The minimum atomic E-state index is -1.38. The average molecular weight is 504 g/mol. The smallest absolute Gasteiger partial charge is 0.310 e. The summed E-state index contributed by atoms with van der Waals surface area (Å²) in [4.78, 5) is 16.2. The van der Waals surface area contributed by atoms with Gasteiger partial charge in [0.2, 0.25) is 0 Å². The van der Waals surface area contributed by atoms with Crippen LogP contribution in [-0.4, -0.2) is 38.0 Å². The molecular weight excluding hydrogens is 476 g/mol. The van der Waals surface area contributed by atoms with Crippen molar-refractivity contribution in [3.05, 3.63) is 82.4 Å². The van der Waals surface area contributed by atoms with Crippen molar-refractivity contribution in [2.24, 2.45) is 5.41 Å². The summed E-state index contributed by atoms with van der Waals surface area (Å²) in [5.41, 5.74) is 1.85. The molecule has 0 bridgehead atoms. The molecule has 5 rings (SSSR count). The molecule has 0 aliphatic heterocycles. The molecule has 0 saturated heterocycles. The first-order chi connectivity index (χ1) is 17.8. The normalized spacial score (nSPS) is 21.9. The number of halogens is 2. The topological polar surface area (TPSA) is 77.2 Å². The molecule has 0 unspecified atom stereocenters. The Bertz CT molecular complexity index is 1450. The van der Waals surface area contributed by atoms with Gasteiger partial charge in [0.05, 0.1) is 30.6 Å². The van der Waals surface area contributed by atoms with E-state index in [1.54, 1.807) is 29.9 Å². The molecule has 1 saturated carbocycles. The number of fused-ring (bicyclic) bond motifs is 2. The van der Waals surface area contributed by atoms with Crippen LogP contribution in [0.1, 0.15) is 55.6 Å². The highest BCUT2D eigenvalue weighted by Crippen LogP contribution is 2.57. The number of hydrogen-bond donors (Lipinski definition) is 1. The Morgan fingerprint density at radius 1 is 1.22 bits per heavy atom. The number of carbonyl (C=O) groups excluding carboxylic acids is 1. The van der Waals surface area contributed by atoms with Crippen LogP contribution in [0.25, 0.3) is 11.8 Å². The summed E-state index contributed by atoms with van der Waals surface area (Å²) in [7, 11) is 0. The maximum Gasteiger partial charge on any atom is 0.310 e. The third-order valence-corrected chi connectivity index (χ3v) is 7.54. The SMILES string of the molecule is CCOC(=O)Cc1c(F)ccnc1C#C[C@]1(O)CCC2=Cc3c(cnn3-c3ccc(F)cc3)C[C@@]21CC. The van der Waals surface area contributed by atoms with E-state index in [4.69, 9.17) is 4.74 Å². The second-order valence-corrected chi connectivity index (χ2v) is 9.44. The maximum atomic E-state index is 14.6. The van der Waals surface area contributed by atoms with E-state index >= 15 is 0 Å². The van der Waals surface area contributed by atoms with Crippen molar-refractivity contribution in [3.8, 4) is 17.5 Å². The minimum Gasteiger partial charge on any atom is -0.466 e. The standard InChI is InChI=1S/C29H27F2N3O3/c1-3-28-17-19-18-33-34(22-7-5-21(30)6-8-22)26(19)15-20(28)9-12-29(28,36)13-10-25-23(16-27(35)37-4-2)24(31)11-14-32-25/h5-8,11,14-15,18,36H,3-4,9,12,16-17H2,1-2H3/t28-,29+/m0/s1. The monoisotopic (exact) mass is 503 g/mol. The molecule has 6 nitrogen and oxygen atoms in total. The molecule has 0 radical (unpaired) electrons. The third-order valence-electron chi connectivity index (χ3n) is 7.54. The number of nitrogens with zero attached hydrogens (tertiary/aromatic N) is 3. The molecule has 2 aliphatic carbocycles. The molecule has 0 amide bonds. The van der Waals surface area contributed by atoms with E-state index in [0.29, 0.717) is 25.7 Å². The van der Waals surface area contributed by atoms with Crippen LogP contribution in [0.2, 0.25) is 0 Å². The van der Waals surface area contributed by atoms with Crippen molar-refractivity contribution in [2.75, 3.05) is 6.61 Å². The fourth-order valence-electron chi connectivity index (χ4n) is 5.58. The van der Waals surface area contributed by atoms with Crippen molar-refractivity contribution in [3.63, 3.8) is 0 Å². The van der Waals surface area contributed by atoms with Gasteiger partial charge in [-0.25, -0.2) is 18.4 Å². The van der Waals surface area contributed by atoms with Crippen LogP contribution < -0.4 is 0 Å². The third kappa shape index (κ3) is 4.23. The molecule has 1 fully saturated rings. The van der Waals surface area contributed by atoms with Gasteiger partial charge >= 0.3 is 5.97 Å². The summed E-state index contributed by atoms with van der Waals surface area (Å²) in [6.45, 7) is 3.89. The zero-order chi connectivity index (χ0) is 26.2. The van der Waals surface area contributed by atoms with E-state index in [-0.39, 0.29) is 30.1 Å². The zero-order valence-corrected chi connectivity index (χ0v) is 20.7. The molecule has 1 aromatic carbocycles. The van der Waals surface area contributed by atoms with Crippen molar-refractivity contribution < 1.29 is 23.4 Å². The lowest BCUT2D eigenvalue weighted by atomic mass is 9.64. The van der Waals surface area contributed by atoms with Crippen LogP contribution in [-0.2, 0) is 22.4 Å². The molecule has 0 spiro atoms. The molecule has 37 heavy (non-hydrogen) atoms. The van der Waals surface area contributed by atoms with Crippen molar-refractivity contribution in [1.82, 2.24) is 14.8 Å². The van der Waals surface area contributed by atoms with Gasteiger partial charge < -0.3 is 9.84 Å². The number of ether oxygens (including phenoxy) is 1. The Labute approximate surface area is 214 Å². The first-order valence-electron chi connectivity index (χ1n) is 12.4. The number of carbonyl (C=O) groups is 1. The molecule has 2 atom stereocenters. The first kappa shape index (κ1) is 24.8. The molecule has 2 heterocycles. The number of benzene rings is 1. The number of esters is 1. The second-order valence-electron chi connectivity index (χ2n) is 9.44. The minimum absolute atomic E-state index is 0.0582. The van der Waals surface area contributed by atoms with E-state index < -0.39 is 22.8 Å². The molecule has 2 aliphatic rings. The predicted octanol–water partition coefficient (Wildman–Crippen LogP) is 4.56. The summed E-state index contributed by atoms with van der Waals surface area (Å²) in [6.07, 6.45) is 7.07. The summed E-state index contributed by atoms with van der Waals surface area (Å²) in [5.74, 6) is 4.45. The second kappa shape index (κ2) is 9.56. The lowest BCUT2D eigenvalue weighted by Crippen LogP contribution is -2.46. The predicted molar refractivity (Wildman–Crippen MR) is 134 cm³/mol. The molecular formula is C29H27F2N3O3. The van der Waals surface area contributed by atoms with Crippen molar-refractivity contribution >= 4 is 12.0 Å². The van der Waals surface area contributed by atoms with E-state index in [1.807, 2.05) is 6.92 Å². The molecule has 2 aromatic heterocycles. The fraction of sp³-hybridized carbons (Fsp3) is 0.345. The largest absolute Gasteiger partial charge is 0.466 e. The Kier molecular flexibility index (Phi) is 6.42. The fourth-order valence-corrected chi connectivity index (χ4v) is 5.58. The summed E-state index contributed by atoms with van der Waals surface area (Å²) in [5, 5.41) is 16.4. The van der Waals surface area contributed by atoms with Gasteiger partial charge in [0.25, 0.3) is 0 Å². The number of hydrogen-bond acceptors (Lipinski definition) is 5. The average Bonchev–Trinajstić information content (AvgIpc) is 3.42. The Balaban J connectivity index is 1.51. The van der Waals surface area contributed by atoms with E-state index in [1.165, 1.54) is 24.4 Å². The Hall–Kier alpha value is -3.83. The number of aliphatic hydroxyl groups is 1. The van der Waals surface area contributed by atoms with Crippen molar-refractivity contribution in [2.45, 2.75) is 51.6 Å². The van der Waals surface area contributed by atoms with Gasteiger partial charge in [-0.1, -0.05) is 18.4 Å². The van der Waals surface area contributed by atoms with E-state index in [9.17, 15) is 18.7 Å². The quantitative estimate of drug-likeness (QED) is 0.408. The van der Waals surface area contributed by atoms with Crippen LogP contribution in [0.15, 0.2) is 48.3 Å². The highest BCUT2D eigenvalue weighted by Gasteiger charge is 2.56. The number of pyridine rings is 1. The lowest BCUT2D eigenvalue weighted by Gasteiger charge is -2.41. The van der Waals surface area contributed by atoms with Crippen LogP contribution in [0.4, 0.5) is 8.78 Å². The van der Waals surface area contributed by atoms with Gasteiger partial charge in [0.1, 0.15) is 22.9 Å². The van der Waals surface area contributed by atoms with Gasteiger partial charge in [-0.2, -0.15) is 5.10 Å². The summed E-state index contributed by atoms with van der Waals surface area (Å²) < 4.78 is 34.7. The Morgan fingerprint density at radius 2 is 2.00 bits per heavy atom.